The van der Waals surface area contributed by atoms with Gasteiger partial charge in [-0.2, -0.15) is 10.2 Å². The zero-order valence-corrected chi connectivity index (χ0v) is 22.9. The SMILES string of the molecule is CCC1=NN(c2ccc(C)cc2)C(=O)C1C(c1cccc([N+](=O)[O-])c1)C1C(=O)N(c2ccc(C)cc2)N=C1CC. The van der Waals surface area contributed by atoms with Crippen LogP contribution in [0.3, 0.4) is 0 Å². The molecule has 2 aliphatic heterocycles. The van der Waals surface area contributed by atoms with Crippen molar-refractivity contribution >= 4 is 40.3 Å². The summed E-state index contributed by atoms with van der Waals surface area (Å²) in [4.78, 5) is 39.6. The van der Waals surface area contributed by atoms with E-state index in [9.17, 15) is 19.7 Å². The van der Waals surface area contributed by atoms with E-state index in [0.717, 1.165) is 11.1 Å². The fourth-order valence-corrected chi connectivity index (χ4v) is 5.50. The monoisotopic (exact) mass is 537 g/mol. The van der Waals surface area contributed by atoms with Gasteiger partial charge in [0, 0.05) is 18.1 Å². The highest BCUT2D eigenvalue weighted by Gasteiger charge is 2.51. The van der Waals surface area contributed by atoms with Crippen LogP contribution in [0.1, 0.15) is 49.3 Å². The first-order valence-electron chi connectivity index (χ1n) is 13.4. The lowest BCUT2D eigenvalue weighted by atomic mass is 9.71. The second-order valence-corrected chi connectivity index (χ2v) is 10.2. The average Bonchev–Trinajstić information content (AvgIpc) is 3.46. The summed E-state index contributed by atoms with van der Waals surface area (Å²) in [6.45, 7) is 7.78. The fourth-order valence-electron chi connectivity index (χ4n) is 5.50. The van der Waals surface area contributed by atoms with E-state index in [1.165, 1.54) is 22.2 Å². The number of hydrazone groups is 2. The van der Waals surface area contributed by atoms with Gasteiger partial charge < -0.3 is 0 Å². The highest BCUT2D eigenvalue weighted by molar-refractivity contribution is 6.20. The molecule has 0 spiro atoms. The predicted octanol–water partition coefficient (Wildman–Crippen LogP) is 6.15. The number of carbonyl (C=O) groups excluding carboxylic acids is 2. The summed E-state index contributed by atoms with van der Waals surface area (Å²) in [6.07, 6.45) is 0.955. The van der Waals surface area contributed by atoms with E-state index in [4.69, 9.17) is 10.2 Å². The maximum absolute atomic E-state index is 14.2. The number of carbonyl (C=O) groups is 2. The molecular formula is C31H31N5O4. The van der Waals surface area contributed by atoms with Crippen molar-refractivity contribution in [1.29, 1.82) is 0 Å². The quantitative estimate of drug-likeness (QED) is 0.253. The van der Waals surface area contributed by atoms with Crippen molar-refractivity contribution in [3.63, 3.8) is 0 Å². The summed E-state index contributed by atoms with van der Waals surface area (Å²) >= 11 is 0. The lowest BCUT2D eigenvalue weighted by molar-refractivity contribution is -0.384. The van der Waals surface area contributed by atoms with Gasteiger partial charge in [0.15, 0.2) is 0 Å². The Morgan fingerprint density at radius 2 is 1.23 bits per heavy atom. The van der Waals surface area contributed by atoms with Crippen LogP contribution in [0.15, 0.2) is 83.0 Å². The molecule has 0 fully saturated rings. The molecule has 5 rings (SSSR count). The van der Waals surface area contributed by atoms with Crippen molar-refractivity contribution in [2.75, 3.05) is 10.0 Å². The minimum atomic E-state index is -0.794. The summed E-state index contributed by atoms with van der Waals surface area (Å²) < 4.78 is 0. The van der Waals surface area contributed by atoms with Crippen LogP contribution in [0.25, 0.3) is 0 Å². The Labute approximate surface area is 233 Å². The lowest BCUT2D eigenvalue weighted by Crippen LogP contribution is -2.40. The van der Waals surface area contributed by atoms with Crippen LogP contribution in [0.2, 0.25) is 0 Å². The average molecular weight is 538 g/mol. The molecule has 2 amide bonds. The lowest BCUT2D eigenvalue weighted by Gasteiger charge is -2.29. The van der Waals surface area contributed by atoms with Crippen molar-refractivity contribution in [1.82, 2.24) is 0 Å². The van der Waals surface area contributed by atoms with Crippen LogP contribution in [0.4, 0.5) is 17.1 Å². The van der Waals surface area contributed by atoms with Gasteiger partial charge in [0.1, 0.15) is 0 Å². The first-order chi connectivity index (χ1) is 19.2. The Morgan fingerprint density at radius 3 is 1.62 bits per heavy atom. The molecule has 0 radical (unpaired) electrons. The Balaban J connectivity index is 1.64. The van der Waals surface area contributed by atoms with E-state index in [2.05, 4.69) is 0 Å². The first kappa shape index (κ1) is 26.9. The molecule has 3 aromatic rings. The molecule has 40 heavy (non-hydrogen) atoms. The second kappa shape index (κ2) is 10.8. The number of non-ortho nitro benzene ring substituents is 1. The van der Waals surface area contributed by atoms with Crippen LogP contribution in [-0.2, 0) is 9.59 Å². The van der Waals surface area contributed by atoms with Gasteiger partial charge in [-0.25, -0.2) is 10.0 Å². The molecule has 2 unspecified atom stereocenters. The highest BCUT2D eigenvalue weighted by atomic mass is 16.6. The van der Waals surface area contributed by atoms with Crippen molar-refractivity contribution in [2.24, 2.45) is 22.0 Å². The van der Waals surface area contributed by atoms with Crippen molar-refractivity contribution in [3.05, 3.63) is 99.6 Å². The minimum absolute atomic E-state index is 0.103. The minimum Gasteiger partial charge on any atom is -0.272 e. The summed E-state index contributed by atoms with van der Waals surface area (Å²) in [6, 6.07) is 21.2. The number of anilines is 2. The molecule has 0 N–H and O–H groups in total. The van der Waals surface area contributed by atoms with Crippen molar-refractivity contribution in [2.45, 2.75) is 46.5 Å². The van der Waals surface area contributed by atoms with Crippen LogP contribution < -0.4 is 10.0 Å². The Hall–Kier alpha value is -4.66. The van der Waals surface area contributed by atoms with Gasteiger partial charge in [-0.15, -0.1) is 0 Å². The third-order valence-corrected chi connectivity index (χ3v) is 7.59. The zero-order valence-electron chi connectivity index (χ0n) is 22.9. The normalized spacial score (nSPS) is 19.6. The number of nitro benzene ring substituents is 1. The van der Waals surface area contributed by atoms with Crippen molar-refractivity contribution < 1.29 is 14.5 Å². The smallest absolute Gasteiger partial charge is 0.269 e. The maximum atomic E-state index is 14.2. The number of nitro groups is 1. The van der Waals surface area contributed by atoms with Gasteiger partial charge in [0.2, 0.25) is 0 Å². The summed E-state index contributed by atoms with van der Waals surface area (Å²) in [7, 11) is 0. The Morgan fingerprint density at radius 1 is 0.775 bits per heavy atom. The maximum Gasteiger partial charge on any atom is 0.269 e. The molecule has 2 atom stereocenters. The van der Waals surface area contributed by atoms with E-state index in [0.29, 0.717) is 41.2 Å². The van der Waals surface area contributed by atoms with E-state index < -0.39 is 22.7 Å². The largest absolute Gasteiger partial charge is 0.272 e. The summed E-state index contributed by atoms with van der Waals surface area (Å²) in [5.41, 5.74) is 5.04. The molecule has 204 valence electrons. The van der Waals surface area contributed by atoms with Gasteiger partial charge in [0.05, 0.1) is 39.6 Å². The van der Waals surface area contributed by atoms with Gasteiger partial charge in [-0.05, 0) is 56.5 Å². The molecule has 9 heteroatoms. The Bertz CT molecular complexity index is 1440. The summed E-state index contributed by atoms with van der Waals surface area (Å²) in [5.74, 6) is -2.86. The first-order valence-corrected chi connectivity index (χ1v) is 13.4. The van der Waals surface area contributed by atoms with E-state index in [-0.39, 0.29) is 17.5 Å². The van der Waals surface area contributed by atoms with Crippen LogP contribution in [0, 0.1) is 35.8 Å². The number of nitrogens with zero attached hydrogens (tertiary/aromatic N) is 5. The number of benzene rings is 3. The van der Waals surface area contributed by atoms with E-state index in [1.54, 1.807) is 12.1 Å². The molecule has 3 aromatic carbocycles. The zero-order chi connectivity index (χ0) is 28.6. The molecule has 0 aliphatic carbocycles. The molecule has 0 bridgehead atoms. The van der Waals surface area contributed by atoms with Gasteiger partial charge in [0.25, 0.3) is 17.5 Å². The molecule has 9 nitrogen and oxygen atoms in total. The molecule has 0 aromatic heterocycles. The number of rotatable bonds is 8. The Kier molecular flexibility index (Phi) is 7.30. The second-order valence-electron chi connectivity index (χ2n) is 10.2. The van der Waals surface area contributed by atoms with Crippen molar-refractivity contribution in [3.8, 4) is 0 Å². The number of aryl methyl sites for hydroxylation is 2. The summed E-state index contributed by atoms with van der Waals surface area (Å²) in [5, 5.41) is 23.9. The van der Waals surface area contributed by atoms with Gasteiger partial charge >= 0.3 is 0 Å². The van der Waals surface area contributed by atoms with Crippen LogP contribution in [0.5, 0.6) is 0 Å². The third-order valence-electron chi connectivity index (χ3n) is 7.59. The highest BCUT2D eigenvalue weighted by Crippen LogP contribution is 2.44. The van der Waals surface area contributed by atoms with Gasteiger partial charge in [-0.3, -0.25) is 19.7 Å². The molecular weight excluding hydrogens is 506 g/mol. The molecule has 0 saturated heterocycles. The van der Waals surface area contributed by atoms with Crippen LogP contribution in [-0.4, -0.2) is 28.2 Å². The topological polar surface area (TPSA) is 108 Å². The van der Waals surface area contributed by atoms with E-state index >= 15 is 0 Å². The number of amides is 2. The predicted molar refractivity (Wildman–Crippen MR) is 156 cm³/mol. The number of hydrogen-bond donors (Lipinski definition) is 0. The molecule has 0 saturated carbocycles. The van der Waals surface area contributed by atoms with Gasteiger partial charge in [-0.1, -0.05) is 61.4 Å². The number of hydrogen-bond acceptors (Lipinski definition) is 6. The molecule has 2 aliphatic rings. The standard InChI is InChI=1S/C31H31N5O4/c1-5-25-28(30(37)34(32-25)22-14-10-19(3)11-15-22)27(21-8-7-9-24(18-21)36(39)40)29-26(6-2)33-35(31(29)38)23-16-12-20(4)13-17-23/h7-18,27-29H,5-6H2,1-4H3. The van der Waals surface area contributed by atoms with E-state index in [1.807, 2.05) is 76.2 Å². The third kappa shape index (κ3) is 4.79. The molecule has 2 heterocycles. The van der Waals surface area contributed by atoms with Crippen LogP contribution >= 0.6 is 0 Å². The fraction of sp³-hybridized carbons (Fsp3) is 0.290.